The van der Waals surface area contributed by atoms with Crippen LogP contribution in [0, 0.1) is 35.5 Å². The summed E-state index contributed by atoms with van der Waals surface area (Å²) in [6.07, 6.45) is 6.68. The summed E-state index contributed by atoms with van der Waals surface area (Å²) >= 11 is 0. The molecule has 1 aromatic carbocycles. The Morgan fingerprint density at radius 2 is 1.00 bits per heavy atom. The van der Waals surface area contributed by atoms with Crippen LogP contribution in [-0.2, 0) is 19.2 Å². The van der Waals surface area contributed by atoms with Gasteiger partial charge in [0.2, 0.25) is 23.6 Å². The summed E-state index contributed by atoms with van der Waals surface area (Å²) in [5, 5.41) is 0. The van der Waals surface area contributed by atoms with E-state index in [1.165, 1.54) is 9.80 Å². The summed E-state index contributed by atoms with van der Waals surface area (Å²) < 4.78 is 0. The molecule has 0 N–H and O–H groups in total. The van der Waals surface area contributed by atoms with Gasteiger partial charge in [0, 0.05) is 0 Å². The van der Waals surface area contributed by atoms with Crippen LogP contribution in [-0.4, -0.2) is 23.6 Å². The number of fused-ring (bicyclic) bond motifs is 6. The largest absolute Gasteiger partial charge is 0.274 e. The molecule has 6 atom stereocenters. The maximum absolute atomic E-state index is 13.0. The van der Waals surface area contributed by atoms with Gasteiger partial charge < -0.3 is 0 Å². The van der Waals surface area contributed by atoms with Gasteiger partial charge in [0.15, 0.2) is 0 Å². The monoisotopic (exact) mass is 392 g/mol. The minimum atomic E-state index is -0.187. The first-order chi connectivity index (χ1) is 14.1. The van der Waals surface area contributed by atoms with Crippen LogP contribution < -0.4 is 9.80 Å². The van der Waals surface area contributed by atoms with E-state index in [0.717, 1.165) is 44.9 Å². The molecule has 1 aromatic rings. The van der Waals surface area contributed by atoms with E-state index in [-0.39, 0.29) is 47.3 Å². The predicted octanol–water partition coefficient (Wildman–Crippen LogP) is 2.90. The Balaban J connectivity index is 1.28. The van der Waals surface area contributed by atoms with E-state index in [2.05, 4.69) is 0 Å². The third-order valence-corrected chi connectivity index (χ3v) is 8.13. The van der Waals surface area contributed by atoms with Gasteiger partial charge in [-0.2, -0.15) is 0 Å². The van der Waals surface area contributed by atoms with Gasteiger partial charge in [-0.15, -0.1) is 0 Å². The molecule has 2 aliphatic heterocycles. The Labute approximate surface area is 169 Å². The van der Waals surface area contributed by atoms with Crippen molar-refractivity contribution in [3.05, 3.63) is 24.3 Å². The van der Waals surface area contributed by atoms with E-state index in [1.807, 2.05) is 0 Å². The third kappa shape index (κ3) is 2.23. The molecule has 29 heavy (non-hydrogen) atoms. The van der Waals surface area contributed by atoms with Crippen molar-refractivity contribution in [1.82, 2.24) is 0 Å². The lowest BCUT2D eigenvalue weighted by atomic mass is 9.81. The Morgan fingerprint density at radius 1 is 0.586 bits per heavy atom. The van der Waals surface area contributed by atoms with Crippen molar-refractivity contribution in [1.29, 1.82) is 0 Å². The molecule has 6 rings (SSSR count). The van der Waals surface area contributed by atoms with E-state index in [4.69, 9.17) is 0 Å². The summed E-state index contributed by atoms with van der Waals surface area (Å²) in [5.41, 5.74) is 1.09. The van der Waals surface area contributed by atoms with Gasteiger partial charge in [0.1, 0.15) is 0 Å². The fourth-order valence-electron chi connectivity index (χ4n) is 6.83. The van der Waals surface area contributed by atoms with Gasteiger partial charge in [-0.25, -0.2) is 0 Å². The molecule has 4 amide bonds. The van der Waals surface area contributed by atoms with Gasteiger partial charge in [-0.1, -0.05) is 12.8 Å². The third-order valence-electron chi connectivity index (χ3n) is 8.13. The zero-order valence-corrected chi connectivity index (χ0v) is 16.3. The molecule has 2 heterocycles. The van der Waals surface area contributed by atoms with Crippen LogP contribution in [0.2, 0.25) is 0 Å². The SMILES string of the molecule is O=C1[C@@H]2[C@H]3CC[C@@H](C3)[C@H]2C(=O)N1c1ccc(N2C(=O)[C@H]3CCCC[C@H]3C2=O)cc1. The molecule has 150 valence electrons. The number of benzene rings is 1. The average molecular weight is 392 g/mol. The fourth-order valence-corrected chi connectivity index (χ4v) is 6.83. The van der Waals surface area contributed by atoms with Crippen molar-refractivity contribution in [2.45, 2.75) is 44.9 Å². The Hall–Kier alpha value is -2.50. The smallest absolute Gasteiger partial charge is 0.237 e. The van der Waals surface area contributed by atoms with Gasteiger partial charge >= 0.3 is 0 Å². The van der Waals surface area contributed by atoms with Crippen LogP contribution >= 0.6 is 0 Å². The maximum Gasteiger partial charge on any atom is 0.237 e. The highest BCUT2D eigenvalue weighted by Gasteiger charge is 2.61. The van der Waals surface area contributed by atoms with Crippen LogP contribution in [0.3, 0.4) is 0 Å². The number of nitrogens with zero attached hydrogens (tertiary/aromatic N) is 2. The molecule has 0 aromatic heterocycles. The topological polar surface area (TPSA) is 74.8 Å². The lowest BCUT2D eigenvalue weighted by Crippen LogP contribution is -2.33. The summed E-state index contributed by atoms with van der Waals surface area (Å²) in [4.78, 5) is 54.2. The second kappa shape index (κ2) is 6.00. The molecule has 6 nitrogen and oxygen atoms in total. The van der Waals surface area contributed by atoms with E-state index in [9.17, 15) is 19.2 Å². The molecule has 5 fully saturated rings. The zero-order chi connectivity index (χ0) is 19.9. The first kappa shape index (κ1) is 17.4. The molecule has 2 saturated heterocycles. The number of anilines is 2. The number of carbonyl (C=O) groups excluding carboxylic acids is 4. The van der Waals surface area contributed by atoms with Crippen molar-refractivity contribution < 1.29 is 19.2 Å². The first-order valence-corrected chi connectivity index (χ1v) is 10.9. The standard InChI is InChI=1S/C23H24N2O4/c26-20-16-3-1-2-4-17(16)21(27)24(20)14-7-9-15(10-8-14)25-22(28)18-12-5-6-13(11-12)19(18)23(25)29/h7-10,12-13,16-19H,1-6,11H2/t12-,13-,16-,17+,18+,19+/m0/s1. The summed E-state index contributed by atoms with van der Waals surface area (Å²) in [5.74, 6) is -0.309. The van der Waals surface area contributed by atoms with Crippen LogP contribution in [0.15, 0.2) is 24.3 Å². The van der Waals surface area contributed by atoms with Crippen molar-refractivity contribution in [3.63, 3.8) is 0 Å². The molecule has 6 heteroatoms. The summed E-state index contributed by atoms with van der Waals surface area (Å²) in [6.45, 7) is 0. The Morgan fingerprint density at radius 3 is 1.45 bits per heavy atom. The fraction of sp³-hybridized carbons (Fsp3) is 0.565. The molecule has 3 saturated carbocycles. The first-order valence-electron chi connectivity index (χ1n) is 10.9. The van der Waals surface area contributed by atoms with E-state index < -0.39 is 0 Å². The van der Waals surface area contributed by atoms with Crippen LogP contribution in [0.4, 0.5) is 11.4 Å². The van der Waals surface area contributed by atoms with E-state index in [1.54, 1.807) is 24.3 Å². The number of hydrogen-bond acceptors (Lipinski definition) is 4. The number of carbonyl (C=O) groups is 4. The van der Waals surface area contributed by atoms with Gasteiger partial charge in [-0.05, 0) is 68.2 Å². The Bertz CT molecular complexity index is 887. The minimum Gasteiger partial charge on any atom is -0.274 e. The number of imide groups is 2. The van der Waals surface area contributed by atoms with Gasteiger partial charge in [-0.3, -0.25) is 29.0 Å². The second-order valence-corrected chi connectivity index (χ2v) is 9.42. The molecular formula is C23H24N2O4. The number of rotatable bonds is 2. The quantitative estimate of drug-likeness (QED) is 0.726. The molecule has 3 aliphatic carbocycles. The average Bonchev–Trinajstić information content (AvgIpc) is 3.47. The Kier molecular flexibility index (Phi) is 3.59. The van der Waals surface area contributed by atoms with Crippen LogP contribution in [0.1, 0.15) is 44.9 Å². The lowest BCUT2D eigenvalue weighted by Gasteiger charge is -2.19. The maximum atomic E-state index is 13.0. The van der Waals surface area contributed by atoms with Crippen molar-refractivity contribution >= 4 is 35.0 Å². The zero-order valence-electron chi connectivity index (χ0n) is 16.3. The van der Waals surface area contributed by atoms with Gasteiger partial charge in [0.25, 0.3) is 0 Å². The highest BCUT2D eigenvalue weighted by atomic mass is 16.2. The number of amides is 4. The molecule has 0 unspecified atom stereocenters. The van der Waals surface area contributed by atoms with E-state index >= 15 is 0 Å². The molecule has 0 radical (unpaired) electrons. The van der Waals surface area contributed by atoms with Crippen LogP contribution in [0.5, 0.6) is 0 Å². The predicted molar refractivity (Wildman–Crippen MR) is 105 cm³/mol. The highest BCUT2D eigenvalue weighted by molar-refractivity contribution is 6.24. The number of hydrogen-bond donors (Lipinski definition) is 0. The second-order valence-electron chi connectivity index (χ2n) is 9.42. The minimum absolute atomic E-state index is 0.0701. The summed E-state index contributed by atoms with van der Waals surface area (Å²) in [7, 11) is 0. The summed E-state index contributed by atoms with van der Waals surface area (Å²) in [6, 6.07) is 6.81. The van der Waals surface area contributed by atoms with E-state index in [0.29, 0.717) is 23.2 Å². The molecule has 0 spiro atoms. The molecule has 5 aliphatic rings. The lowest BCUT2D eigenvalue weighted by molar-refractivity contribution is -0.124. The van der Waals surface area contributed by atoms with Crippen molar-refractivity contribution in [2.75, 3.05) is 9.80 Å². The van der Waals surface area contributed by atoms with Crippen molar-refractivity contribution in [3.8, 4) is 0 Å². The van der Waals surface area contributed by atoms with Gasteiger partial charge in [0.05, 0.1) is 35.0 Å². The highest BCUT2D eigenvalue weighted by Crippen LogP contribution is 2.56. The van der Waals surface area contributed by atoms with Crippen LogP contribution in [0.25, 0.3) is 0 Å². The molecular weight excluding hydrogens is 368 g/mol. The van der Waals surface area contributed by atoms with Crippen molar-refractivity contribution in [2.24, 2.45) is 35.5 Å². The normalized spacial score (nSPS) is 38.2. The molecule has 2 bridgehead atoms.